The normalized spacial score (nSPS) is 10.4. The van der Waals surface area contributed by atoms with Crippen molar-refractivity contribution in [2.24, 2.45) is 0 Å². The van der Waals surface area contributed by atoms with E-state index in [4.69, 9.17) is 4.74 Å². The molecule has 4 nitrogen and oxygen atoms in total. The Labute approximate surface area is 127 Å². The third kappa shape index (κ3) is 4.96. The molecule has 0 aromatic heterocycles. The molecule has 0 aliphatic heterocycles. The van der Waals surface area contributed by atoms with E-state index in [2.05, 4.69) is 6.92 Å². The first kappa shape index (κ1) is 17.3. The van der Waals surface area contributed by atoms with E-state index < -0.39 is 5.97 Å². The summed E-state index contributed by atoms with van der Waals surface area (Å²) in [6.07, 6.45) is 4.24. The minimum absolute atomic E-state index is 0.0137. The highest BCUT2D eigenvalue weighted by Crippen LogP contribution is 2.31. The number of unbranched alkanes of at least 4 members (excludes halogenated alkanes) is 3. The number of rotatable bonds is 9. The molecule has 0 aliphatic carbocycles. The van der Waals surface area contributed by atoms with Gasteiger partial charge >= 0.3 is 5.97 Å². The Morgan fingerprint density at radius 1 is 1.14 bits per heavy atom. The highest BCUT2D eigenvalue weighted by Gasteiger charge is 2.17. The average molecular weight is 293 g/mol. The Kier molecular flexibility index (Phi) is 7.65. The SMILES string of the molecule is CCCCCCOC(=O)c1cccc(N(CC)CC)c1O. The number of phenols is 1. The number of ether oxygens (including phenoxy) is 1. The number of carbonyl (C=O) groups excluding carboxylic acids is 1. The van der Waals surface area contributed by atoms with Gasteiger partial charge in [0.25, 0.3) is 0 Å². The monoisotopic (exact) mass is 293 g/mol. The molecule has 0 heterocycles. The first-order valence-corrected chi connectivity index (χ1v) is 7.89. The van der Waals surface area contributed by atoms with Crippen LogP contribution in [0, 0.1) is 0 Å². The number of hydrogen-bond acceptors (Lipinski definition) is 4. The fraction of sp³-hybridized carbons (Fsp3) is 0.588. The van der Waals surface area contributed by atoms with Crippen LogP contribution in [0.25, 0.3) is 0 Å². The van der Waals surface area contributed by atoms with Crippen LogP contribution in [0.5, 0.6) is 5.75 Å². The summed E-state index contributed by atoms with van der Waals surface area (Å²) in [5.41, 5.74) is 0.926. The van der Waals surface area contributed by atoms with Crippen LogP contribution < -0.4 is 4.90 Å². The maximum Gasteiger partial charge on any atom is 0.341 e. The average Bonchev–Trinajstić information content (AvgIpc) is 2.49. The standard InChI is InChI=1S/C17H27NO3/c1-4-7-8-9-13-21-17(20)14-11-10-12-15(16(14)19)18(5-2)6-3/h10-12,19H,4-9,13H2,1-3H3. The van der Waals surface area contributed by atoms with Crippen LogP contribution in [0.4, 0.5) is 5.69 Å². The smallest absolute Gasteiger partial charge is 0.341 e. The van der Waals surface area contributed by atoms with Crippen LogP contribution in [-0.2, 0) is 4.74 Å². The van der Waals surface area contributed by atoms with E-state index in [1.165, 1.54) is 0 Å². The first-order chi connectivity index (χ1) is 10.2. The van der Waals surface area contributed by atoms with Crippen LogP contribution in [0.1, 0.15) is 56.8 Å². The second kappa shape index (κ2) is 9.27. The molecule has 1 aromatic rings. The van der Waals surface area contributed by atoms with Gasteiger partial charge < -0.3 is 14.7 Å². The number of para-hydroxylation sites is 1. The lowest BCUT2D eigenvalue weighted by molar-refractivity contribution is 0.0494. The van der Waals surface area contributed by atoms with Crippen LogP contribution >= 0.6 is 0 Å². The zero-order valence-electron chi connectivity index (χ0n) is 13.4. The van der Waals surface area contributed by atoms with Crippen molar-refractivity contribution in [1.29, 1.82) is 0 Å². The fourth-order valence-electron chi connectivity index (χ4n) is 2.29. The summed E-state index contributed by atoms with van der Waals surface area (Å²) >= 11 is 0. The number of anilines is 1. The van der Waals surface area contributed by atoms with E-state index >= 15 is 0 Å². The summed E-state index contributed by atoms with van der Waals surface area (Å²) in [4.78, 5) is 14.1. The highest BCUT2D eigenvalue weighted by atomic mass is 16.5. The predicted octanol–water partition coefficient (Wildman–Crippen LogP) is 3.98. The van der Waals surface area contributed by atoms with Crippen molar-refractivity contribution in [1.82, 2.24) is 0 Å². The number of carbonyl (C=O) groups is 1. The second-order valence-electron chi connectivity index (χ2n) is 5.04. The number of nitrogens with zero attached hydrogens (tertiary/aromatic N) is 1. The highest BCUT2D eigenvalue weighted by molar-refractivity contribution is 5.94. The summed E-state index contributed by atoms with van der Waals surface area (Å²) in [5, 5.41) is 10.3. The molecule has 0 saturated carbocycles. The summed E-state index contributed by atoms with van der Waals surface area (Å²) in [6.45, 7) is 8.14. The van der Waals surface area contributed by atoms with Gasteiger partial charge in [0.15, 0.2) is 5.75 Å². The molecular formula is C17H27NO3. The van der Waals surface area contributed by atoms with Crippen molar-refractivity contribution in [3.63, 3.8) is 0 Å². The van der Waals surface area contributed by atoms with Gasteiger partial charge in [0.2, 0.25) is 0 Å². The van der Waals surface area contributed by atoms with Gasteiger partial charge in [0, 0.05) is 13.1 Å². The maximum atomic E-state index is 12.0. The Hall–Kier alpha value is -1.71. The minimum Gasteiger partial charge on any atom is -0.505 e. The molecule has 0 radical (unpaired) electrons. The quantitative estimate of drug-likeness (QED) is 0.553. The van der Waals surface area contributed by atoms with Gasteiger partial charge in [-0.3, -0.25) is 0 Å². The molecule has 0 spiro atoms. The van der Waals surface area contributed by atoms with Gasteiger partial charge in [-0.2, -0.15) is 0 Å². The molecule has 0 aliphatic rings. The Morgan fingerprint density at radius 2 is 1.86 bits per heavy atom. The number of aromatic hydroxyl groups is 1. The molecule has 0 amide bonds. The van der Waals surface area contributed by atoms with Crippen molar-refractivity contribution >= 4 is 11.7 Å². The second-order valence-corrected chi connectivity index (χ2v) is 5.04. The van der Waals surface area contributed by atoms with Crippen molar-refractivity contribution in [2.75, 3.05) is 24.6 Å². The summed E-state index contributed by atoms with van der Waals surface area (Å²) in [6, 6.07) is 5.21. The Bertz CT molecular complexity index is 442. The number of hydrogen-bond donors (Lipinski definition) is 1. The predicted molar refractivity (Wildman–Crippen MR) is 86.1 cm³/mol. The van der Waals surface area contributed by atoms with Crippen LogP contribution in [0.2, 0.25) is 0 Å². The number of phenolic OH excluding ortho intramolecular Hbond substituents is 1. The molecule has 21 heavy (non-hydrogen) atoms. The molecule has 0 unspecified atom stereocenters. The molecule has 0 fully saturated rings. The largest absolute Gasteiger partial charge is 0.505 e. The van der Waals surface area contributed by atoms with Gasteiger partial charge in [-0.05, 0) is 32.4 Å². The molecule has 0 saturated heterocycles. The molecule has 0 bridgehead atoms. The van der Waals surface area contributed by atoms with Crippen LogP contribution in [-0.4, -0.2) is 30.8 Å². The van der Waals surface area contributed by atoms with Gasteiger partial charge in [0.1, 0.15) is 5.56 Å². The Morgan fingerprint density at radius 3 is 2.48 bits per heavy atom. The van der Waals surface area contributed by atoms with E-state index in [1.54, 1.807) is 12.1 Å². The van der Waals surface area contributed by atoms with Crippen molar-refractivity contribution in [2.45, 2.75) is 46.5 Å². The molecule has 118 valence electrons. The Balaban J connectivity index is 2.70. The van der Waals surface area contributed by atoms with Gasteiger partial charge in [0.05, 0.1) is 12.3 Å². The van der Waals surface area contributed by atoms with E-state index in [0.717, 1.165) is 38.8 Å². The van der Waals surface area contributed by atoms with Crippen molar-refractivity contribution in [3.8, 4) is 5.75 Å². The summed E-state index contributed by atoms with van der Waals surface area (Å²) < 4.78 is 5.24. The van der Waals surface area contributed by atoms with E-state index in [0.29, 0.717) is 12.3 Å². The van der Waals surface area contributed by atoms with Crippen molar-refractivity contribution in [3.05, 3.63) is 23.8 Å². The van der Waals surface area contributed by atoms with Gasteiger partial charge in [-0.25, -0.2) is 4.79 Å². The third-order valence-corrected chi connectivity index (χ3v) is 3.57. The van der Waals surface area contributed by atoms with Gasteiger partial charge in [-0.1, -0.05) is 32.3 Å². The van der Waals surface area contributed by atoms with Gasteiger partial charge in [-0.15, -0.1) is 0 Å². The third-order valence-electron chi connectivity index (χ3n) is 3.57. The zero-order valence-corrected chi connectivity index (χ0v) is 13.4. The minimum atomic E-state index is -0.446. The lowest BCUT2D eigenvalue weighted by Crippen LogP contribution is -2.22. The summed E-state index contributed by atoms with van der Waals surface area (Å²) in [7, 11) is 0. The topological polar surface area (TPSA) is 49.8 Å². The maximum absolute atomic E-state index is 12.0. The molecule has 0 atom stereocenters. The first-order valence-electron chi connectivity index (χ1n) is 7.89. The molecular weight excluding hydrogens is 266 g/mol. The van der Waals surface area contributed by atoms with E-state index in [9.17, 15) is 9.90 Å². The summed E-state index contributed by atoms with van der Waals surface area (Å²) in [5.74, 6) is -0.433. The molecule has 1 rings (SSSR count). The van der Waals surface area contributed by atoms with Crippen LogP contribution in [0.15, 0.2) is 18.2 Å². The molecule has 1 N–H and O–H groups in total. The molecule has 1 aromatic carbocycles. The lowest BCUT2D eigenvalue weighted by atomic mass is 10.1. The fourth-order valence-corrected chi connectivity index (χ4v) is 2.29. The number of esters is 1. The zero-order chi connectivity index (χ0) is 15.7. The van der Waals surface area contributed by atoms with E-state index in [-0.39, 0.29) is 11.3 Å². The molecule has 4 heteroatoms. The van der Waals surface area contributed by atoms with E-state index in [1.807, 2.05) is 24.8 Å². The van der Waals surface area contributed by atoms with Crippen LogP contribution in [0.3, 0.4) is 0 Å². The van der Waals surface area contributed by atoms with Crippen molar-refractivity contribution < 1.29 is 14.6 Å². The lowest BCUT2D eigenvalue weighted by Gasteiger charge is -2.22. The number of benzene rings is 1.